The number of imidazole rings is 1. The molecular formula is C17H19BrN6O4. The molecule has 1 aromatic carbocycles. The highest BCUT2D eigenvalue weighted by Gasteiger charge is 2.16. The third-order valence-electron chi connectivity index (χ3n) is 4.09. The molecule has 28 heavy (non-hydrogen) atoms. The van der Waals surface area contributed by atoms with Crippen molar-refractivity contribution >= 4 is 39.3 Å². The van der Waals surface area contributed by atoms with Crippen molar-refractivity contribution in [3.8, 4) is 5.75 Å². The second-order valence-corrected chi connectivity index (χ2v) is 6.74. The van der Waals surface area contributed by atoms with Gasteiger partial charge in [-0.25, -0.2) is 10.2 Å². The molecule has 0 amide bonds. The van der Waals surface area contributed by atoms with Gasteiger partial charge in [0, 0.05) is 30.7 Å². The minimum Gasteiger partial charge on any atom is -0.496 e. The molecule has 2 aromatic heterocycles. The van der Waals surface area contributed by atoms with Gasteiger partial charge in [-0.05, 0) is 18.2 Å². The fraction of sp³-hybridized carbons (Fsp3) is 0.294. The molecule has 0 radical (unpaired) electrons. The van der Waals surface area contributed by atoms with Crippen LogP contribution in [0.4, 0.5) is 5.95 Å². The number of hydrazone groups is 1. The van der Waals surface area contributed by atoms with Crippen LogP contribution in [0.5, 0.6) is 5.75 Å². The van der Waals surface area contributed by atoms with Crippen molar-refractivity contribution in [3.05, 3.63) is 49.1 Å². The number of anilines is 1. The molecule has 0 aliphatic rings. The van der Waals surface area contributed by atoms with E-state index in [0.29, 0.717) is 24.8 Å². The molecule has 148 valence electrons. The van der Waals surface area contributed by atoms with Gasteiger partial charge in [0.2, 0.25) is 5.95 Å². The molecule has 2 N–H and O–H groups in total. The Morgan fingerprint density at radius 1 is 1.36 bits per heavy atom. The lowest BCUT2D eigenvalue weighted by molar-refractivity contribution is 0.188. The molecule has 0 bridgehead atoms. The van der Waals surface area contributed by atoms with E-state index in [0.717, 1.165) is 10.0 Å². The van der Waals surface area contributed by atoms with E-state index in [2.05, 4.69) is 36.4 Å². The van der Waals surface area contributed by atoms with E-state index in [1.165, 1.54) is 11.6 Å². The highest BCUT2D eigenvalue weighted by Crippen LogP contribution is 2.21. The molecule has 3 rings (SSSR count). The molecule has 0 saturated carbocycles. The van der Waals surface area contributed by atoms with E-state index >= 15 is 0 Å². The number of benzene rings is 1. The zero-order valence-corrected chi connectivity index (χ0v) is 17.1. The molecule has 0 unspecified atom stereocenters. The average Bonchev–Trinajstić information content (AvgIpc) is 3.04. The lowest BCUT2D eigenvalue weighted by Crippen LogP contribution is -2.29. The summed E-state index contributed by atoms with van der Waals surface area (Å²) in [6.45, 7) is 0.706. The maximum absolute atomic E-state index is 12.3. The highest BCUT2D eigenvalue weighted by atomic mass is 79.9. The van der Waals surface area contributed by atoms with Gasteiger partial charge >= 0.3 is 5.69 Å². The first-order valence-corrected chi connectivity index (χ1v) is 9.06. The molecule has 0 fully saturated rings. The number of H-pyrrole nitrogens is 1. The van der Waals surface area contributed by atoms with Gasteiger partial charge in [-0.15, -0.1) is 0 Å². The molecule has 0 aliphatic heterocycles. The third kappa shape index (κ3) is 3.85. The summed E-state index contributed by atoms with van der Waals surface area (Å²) in [7, 11) is 4.67. The summed E-state index contributed by atoms with van der Waals surface area (Å²) in [6.07, 6.45) is 1.58. The van der Waals surface area contributed by atoms with Crippen LogP contribution < -0.4 is 21.4 Å². The Morgan fingerprint density at radius 2 is 2.14 bits per heavy atom. The molecule has 0 aliphatic carbocycles. The topological polar surface area (TPSA) is 116 Å². The first-order chi connectivity index (χ1) is 13.5. The van der Waals surface area contributed by atoms with Gasteiger partial charge in [0.1, 0.15) is 5.75 Å². The summed E-state index contributed by atoms with van der Waals surface area (Å²) in [4.78, 5) is 30.8. The van der Waals surface area contributed by atoms with Gasteiger partial charge in [-0.3, -0.25) is 14.3 Å². The molecule has 3 aromatic rings. The van der Waals surface area contributed by atoms with Crippen LogP contribution in [0.1, 0.15) is 5.56 Å². The van der Waals surface area contributed by atoms with Crippen molar-refractivity contribution in [2.45, 2.75) is 6.54 Å². The lowest BCUT2D eigenvalue weighted by atomic mass is 10.2. The van der Waals surface area contributed by atoms with E-state index in [1.54, 1.807) is 25.0 Å². The lowest BCUT2D eigenvalue weighted by Gasteiger charge is -2.07. The number of aryl methyl sites for hydroxylation is 1. The number of nitrogens with one attached hydrogen (secondary N) is 2. The highest BCUT2D eigenvalue weighted by molar-refractivity contribution is 9.10. The van der Waals surface area contributed by atoms with Crippen LogP contribution >= 0.6 is 15.9 Å². The number of nitrogens with zero attached hydrogens (tertiary/aromatic N) is 4. The van der Waals surface area contributed by atoms with Crippen molar-refractivity contribution in [2.24, 2.45) is 12.1 Å². The van der Waals surface area contributed by atoms with Gasteiger partial charge in [0.05, 0.1) is 19.9 Å². The average molecular weight is 451 g/mol. The van der Waals surface area contributed by atoms with Crippen molar-refractivity contribution in [1.29, 1.82) is 0 Å². The van der Waals surface area contributed by atoms with Crippen LogP contribution in [0, 0.1) is 0 Å². The number of aromatic amines is 1. The Hall–Kier alpha value is -2.92. The Morgan fingerprint density at radius 3 is 2.86 bits per heavy atom. The number of halogens is 1. The van der Waals surface area contributed by atoms with Crippen LogP contribution in [0.2, 0.25) is 0 Å². The van der Waals surface area contributed by atoms with Gasteiger partial charge < -0.3 is 14.0 Å². The number of ether oxygens (including phenoxy) is 2. The summed E-state index contributed by atoms with van der Waals surface area (Å²) in [5.74, 6) is 0.962. The maximum Gasteiger partial charge on any atom is 0.329 e. The van der Waals surface area contributed by atoms with Crippen LogP contribution in [0.15, 0.2) is 37.4 Å². The van der Waals surface area contributed by atoms with Crippen molar-refractivity contribution < 1.29 is 9.47 Å². The van der Waals surface area contributed by atoms with E-state index in [4.69, 9.17) is 9.47 Å². The van der Waals surface area contributed by atoms with Crippen LogP contribution in [0.3, 0.4) is 0 Å². The summed E-state index contributed by atoms with van der Waals surface area (Å²) < 4.78 is 14.2. The van der Waals surface area contributed by atoms with E-state index in [1.807, 2.05) is 18.2 Å². The van der Waals surface area contributed by atoms with Crippen molar-refractivity contribution in [1.82, 2.24) is 19.1 Å². The number of hydrogen-bond donors (Lipinski definition) is 2. The van der Waals surface area contributed by atoms with Gasteiger partial charge in [-0.1, -0.05) is 15.9 Å². The Kier molecular flexibility index (Phi) is 5.95. The SMILES string of the molecule is COCCn1c(N/N=C\c2cc(Br)ccc2OC)nc2c1c(=O)[nH]c(=O)n2C. The van der Waals surface area contributed by atoms with Crippen LogP contribution in [-0.2, 0) is 18.3 Å². The third-order valence-corrected chi connectivity index (χ3v) is 4.58. The number of aromatic nitrogens is 4. The van der Waals surface area contributed by atoms with Gasteiger partial charge in [0.15, 0.2) is 11.2 Å². The van der Waals surface area contributed by atoms with Gasteiger partial charge in [-0.2, -0.15) is 10.1 Å². The predicted molar refractivity (Wildman–Crippen MR) is 109 cm³/mol. The summed E-state index contributed by atoms with van der Waals surface area (Å²) in [5, 5.41) is 4.21. The second-order valence-electron chi connectivity index (χ2n) is 5.83. The molecular weight excluding hydrogens is 432 g/mol. The predicted octanol–water partition coefficient (Wildman–Crippen LogP) is 1.29. The summed E-state index contributed by atoms with van der Waals surface area (Å²) in [5.41, 5.74) is 3.03. The minimum absolute atomic E-state index is 0.252. The zero-order chi connectivity index (χ0) is 20.3. The zero-order valence-electron chi connectivity index (χ0n) is 15.5. The van der Waals surface area contributed by atoms with E-state index < -0.39 is 11.2 Å². The number of rotatable bonds is 7. The first kappa shape index (κ1) is 19.8. The minimum atomic E-state index is -0.539. The van der Waals surface area contributed by atoms with Crippen molar-refractivity contribution in [3.63, 3.8) is 0 Å². The van der Waals surface area contributed by atoms with Gasteiger partial charge in [0.25, 0.3) is 5.56 Å². The Bertz CT molecular complexity index is 1150. The summed E-state index contributed by atoms with van der Waals surface area (Å²) in [6, 6.07) is 5.53. The number of hydrogen-bond acceptors (Lipinski definition) is 7. The number of fused-ring (bicyclic) bond motifs is 1. The quantitative estimate of drug-likeness (QED) is 0.413. The smallest absolute Gasteiger partial charge is 0.329 e. The van der Waals surface area contributed by atoms with Crippen LogP contribution in [0.25, 0.3) is 11.2 Å². The fourth-order valence-electron chi connectivity index (χ4n) is 2.69. The molecule has 10 nitrogen and oxygen atoms in total. The molecule has 2 heterocycles. The summed E-state index contributed by atoms with van der Waals surface area (Å²) >= 11 is 3.41. The largest absolute Gasteiger partial charge is 0.496 e. The van der Waals surface area contributed by atoms with E-state index in [-0.39, 0.29) is 11.2 Å². The molecule has 0 atom stereocenters. The van der Waals surface area contributed by atoms with Crippen molar-refractivity contribution in [2.75, 3.05) is 26.3 Å². The van der Waals surface area contributed by atoms with Crippen LogP contribution in [-0.4, -0.2) is 46.1 Å². The number of methoxy groups -OCH3 is 2. The monoisotopic (exact) mass is 450 g/mol. The first-order valence-electron chi connectivity index (χ1n) is 8.27. The Labute approximate surface area is 167 Å². The maximum atomic E-state index is 12.3. The second kappa shape index (κ2) is 8.40. The Balaban J connectivity index is 2.02. The fourth-order valence-corrected chi connectivity index (χ4v) is 3.06. The standard InChI is InChI=1S/C17H19BrN6O4/c1-23-14-13(15(25)21-17(23)26)24(6-7-27-2)16(20-14)22-19-9-10-8-11(18)4-5-12(10)28-3/h4-5,8-9H,6-7H2,1-3H3,(H,20,22)(H,21,25,26)/b19-9-. The molecule has 0 spiro atoms. The molecule has 0 saturated heterocycles. The molecule has 11 heteroatoms. The normalized spacial score (nSPS) is 11.4. The van der Waals surface area contributed by atoms with E-state index in [9.17, 15) is 9.59 Å².